The molecule has 0 aliphatic rings. The van der Waals surface area contributed by atoms with Crippen LogP contribution in [-0.2, 0) is 11.8 Å². The smallest absolute Gasteiger partial charge is 0.239 e. The van der Waals surface area contributed by atoms with Crippen LogP contribution in [0.3, 0.4) is 0 Å². The van der Waals surface area contributed by atoms with Crippen molar-refractivity contribution in [1.82, 2.24) is 9.55 Å². The van der Waals surface area contributed by atoms with Crippen LogP contribution in [0.15, 0.2) is 24.5 Å². The minimum Gasteiger partial charge on any atom is -0.334 e. The molecule has 0 saturated heterocycles. The van der Waals surface area contributed by atoms with Gasteiger partial charge in [-0.3, -0.25) is 4.79 Å². The Labute approximate surface area is 91.9 Å². The molecule has 0 fully saturated rings. The van der Waals surface area contributed by atoms with E-state index in [2.05, 4.69) is 10.3 Å². The minimum atomic E-state index is -0.216. The molecule has 0 saturated carbocycles. The second-order valence-electron chi connectivity index (χ2n) is 3.24. The van der Waals surface area contributed by atoms with E-state index in [0.29, 0.717) is 5.69 Å². The van der Waals surface area contributed by atoms with Crippen molar-refractivity contribution in [3.05, 3.63) is 24.5 Å². The number of benzene rings is 1. The first-order valence-corrected chi connectivity index (χ1v) is 5.01. The molecule has 0 radical (unpaired) electrons. The van der Waals surface area contributed by atoms with E-state index < -0.39 is 0 Å². The zero-order valence-electron chi connectivity index (χ0n) is 8.20. The van der Waals surface area contributed by atoms with Gasteiger partial charge in [-0.1, -0.05) is 0 Å². The summed E-state index contributed by atoms with van der Waals surface area (Å²) in [7, 11) is 1.92. The molecule has 1 aromatic carbocycles. The second-order valence-corrected chi connectivity index (χ2v) is 3.51. The zero-order chi connectivity index (χ0) is 10.8. The number of amides is 1. The standard InChI is InChI=1S/C10H10ClN3O/c1-14-6-12-8-4-7(2-3-9(8)14)13-10(15)5-11/h2-4,6H,5H2,1H3,(H,13,15). The molecule has 1 N–H and O–H groups in total. The lowest BCUT2D eigenvalue weighted by Crippen LogP contribution is -2.12. The highest BCUT2D eigenvalue weighted by molar-refractivity contribution is 6.29. The van der Waals surface area contributed by atoms with Gasteiger partial charge in [0.2, 0.25) is 5.91 Å². The van der Waals surface area contributed by atoms with Crippen molar-refractivity contribution in [2.75, 3.05) is 11.2 Å². The fraction of sp³-hybridized carbons (Fsp3) is 0.200. The van der Waals surface area contributed by atoms with E-state index in [-0.39, 0.29) is 11.8 Å². The molecule has 0 atom stereocenters. The Bertz CT molecular complexity index is 506. The van der Waals surface area contributed by atoms with Gasteiger partial charge in [-0.15, -0.1) is 11.6 Å². The van der Waals surface area contributed by atoms with Gasteiger partial charge in [0.1, 0.15) is 5.88 Å². The number of halogens is 1. The molecule has 5 heteroatoms. The summed E-state index contributed by atoms with van der Waals surface area (Å²) in [6.45, 7) is 0. The summed E-state index contributed by atoms with van der Waals surface area (Å²) >= 11 is 5.39. The summed E-state index contributed by atoms with van der Waals surface area (Å²) in [5.74, 6) is -0.257. The number of anilines is 1. The molecule has 1 heterocycles. The average Bonchev–Trinajstić information content (AvgIpc) is 2.60. The molecule has 0 spiro atoms. The molecule has 0 aliphatic heterocycles. The number of fused-ring (bicyclic) bond motifs is 1. The molecule has 0 unspecified atom stereocenters. The quantitative estimate of drug-likeness (QED) is 0.789. The molecule has 1 amide bonds. The summed E-state index contributed by atoms with van der Waals surface area (Å²) in [5.41, 5.74) is 2.59. The fourth-order valence-corrected chi connectivity index (χ4v) is 1.48. The maximum atomic E-state index is 11.1. The Morgan fingerprint density at radius 3 is 3.13 bits per heavy atom. The third-order valence-electron chi connectivity index (χ3n) is 2.13. The topological polar surface area (TPSA) is 46.9 Å². The third kappa shape index (κ3) is 1.94. The van der Waals surface area contributed by atoms with E-state index in [1.807, 2.05) is 29.8 Å². The van der Waals surface area contributed by atoms with E-state index in [9.17, 15) is 4.79 Å². The van der Waals surface area contributed by atoms with E-state index in [1.165, 1.54) is 0 Å². The van der Waals surface area contributed by atoms with Crippen molar-refractivity contribution in [1.29, 1.82) is 0 Å². The van der Waals surface area contributed by atoms with Crippen molar-refractivity contribution in [3.8, 4) is 0 Å². The Balaban J connectivity index is 2.35. The third-order valence-corrected chi connectivity index (χ3v) is 2.37. The summed E-state index contributed by atoms with van der Waals surface area (Å²) in [4.78, 5) is 15.2. The van der Waals surface area contributed by atoms with Gasteiger partial charge in [-0.25, -0.2) is 4.98 Å². The highest BCUT2D eigenvalue weighted by Gasteiger charge is 2.03. The number of imidazole rings is 1. The Morgan fingerprint density at radius 1 is 1.60 bits per heavy atom. The number of alkyl halides is 1. The number of carbonyl (C=O) groups excluding carboxylic acids is 1. The first-order valence-electron chi connectivity index (χ1n) is 4.47. The normalized spacial score (nSPS) is 10.5. The van der Waals surface area contributed by atoms with Gasteiger partial charge < -0.3 is 9.88 Å². The van der Waals surface area contributed by atoms with Crippen LogP contribution in [-0.4, -0.2) is 21.3 Å². The summed E-state index contributed by atoms with van der Waals surface area (Å²) < 4.78 is 1.92. The molecular weight excluding hydrogens is 214 g/mol. The molecule has 15 heavy (non-hydrogen) atoms. The van der Waals surface area contributed by atoms with Gasteiger partial charge >= 0.3 is 0 Å². The number of rotatable bonds is 2. The summed E-state index contributed by atoms with van der Waals surface area (Å²) in [5, 5.41) is 2.67. The van der Waals surface area contributed by atoms with Crippen molar-refractivity contribution in [3.63, 3.8) is 0 Å². The maximum absolute atomic E-state index is 11.1. The summed E-state index contributed by atoms with van der Waals surface area (Å²) in [6.07, 6.45) is 1.73. The lowest BCUT2D eigenvalue weighted by Gasteiger charge is -2.02. The highest BCUT2D eigenvalue weighted by Crippen LogP contribution is 2.17. The number of hydrogen-bond donors (Lipinski definition) is 1. The molecule has 2 rings (SSSR count). The second kappa shape index (κ2) is 3.90. The van der Waals surface area contributed by atoms with Gasteiger partial charge in [0, 0.05) is 12.7 Å². The molecule has 1 aromatic heterocycles. The van der Waals surface area contributed by atoms with Crippen molar-refractivity contribution in [2.24, 2.45) is 7.05 Å². The van der Waals surface area contributed by atoms with Crippen LogP contribution < -0.4 is 5.32 Å². The molecular formula is C10H10ClN3O. The van der Waals surface area contributed by atoms with Gasteiger partial charge in [0.25, 0.3) is 0 Å². The first-order chi connectivity index (χ1) is 7.20. The lowest BCUT2D eigenvalue weighted by atomic mass is 10.2. The van der Waals surface area contributed by atoms with Crippen LogP contribution in [0.25, 0.3) is 11.0 Å². The minimum absolute atomic E-state index is 0.0414. The monoisotopic (exact) mass is 223 g/mol. The fourth-order valence-electron chi connectivity index (χ4n) is 1.41. The predicted molar refractivity (Wildman–Crippen MR) is 60.1 cm³/mol. The van der Waals surface area contributed by atoms with Gasteiger partial charge in [-0.05, 0) is 18.2 Å². The number of nitrogens with zero attached hydrogens (tertiary/aromatic N) is 2. The Hall–Kier alpha value is -1.55. The number of aromatic nitrogens is 2. The van der Waals surface area contributed by atoms with E-state index in [4.69, 9.17) is 11.6 Å². The van der Waals surface area contributed by atoms with Gasteiger partial charge in [0.05, 0.1) is 17.4 Å². The van der Waals surface area contributed by atoms with Crippen molar-refractivity contribution in [2.45, 2.75) is 0 Å². The maximum Gasteiger partial charge on any atom is 0.239 e. The summed E-state index contributed by atoms with van der Waals surface area (Å²) in [6, 6.07) is 5.56. The SMILES string of the molecule is Cn1cnc2cc(NC(=O)CCl)ccc21. The Kier molecular flexibility index (Phi) is 2.60. The average molecular weight is 224 g/mol. The zero-order valence-corrected chi connectivity index (χ0v) is 8.95. The number of hydrogen-bond acceptors (Lipinski definition) is 2. The predicted octanol–water partition coefficient (Wildman–Crippen LogP) is 1.75. The first kappa shape index (κ1) is 9.98. The van der Waals surface area contributed by atoms with Crippen LogP contribution in [0.1, 0.15) is 0 Å². The van der Waals surface area contributed by atoms with Crippen LogP contribution in [0.2, 0.25) is 0 Å². The van der Waals surface area contributed by atoms with Gasteiger partial charge in [0.15, 0.2) is 0 Å². The van der Waals surface area contributed by atoms with Gasteiger partial charge in [-0.2, -0.15) is 0 Å². The Morgan fingerprint density at radius 2 is 2.40 bits per heavy atom. The number of carbonyl (C=O) groups is 1. The number of aryl methyl sites for hydroxylation is 1. The van der Waals surface area contributed by atoms with Crippen molar-refractivity contribution < 1.29 is 4.79 Å². The van der Waals surface area contributed by atoms with Crippen LogP contribution in [0.4, 0.5) is 5.69 Å². The largest absolute Gasteiger partial charge is 0.334 e. The van der Waals surface area contributed by atoms with E-state index >= 15 is 0 Å². The van der Waals surface area contributed by atoms with Crippen LogP contribution in [0.5, 0.6) is 0 Å². The lowest BCUT2D eigenvalue weighted by molar-refractivity contribution is -0.113. The molecule has 4 nitrogen and oxygen atoms in total. The van der Waals surface area contributed by atoms with Crippen LogP contribution >= 0.6 is 11.6 Å². The van der Waals surface area contributed by atoms with Crippen molar-refractivity contribution >= 4 is 34.2 Å². The van der Waals surface area contributed by atoms with Crippen LogP contribution in [0, 0.1) is 0 Å². The highest BCUT2D eigenvalue weighted by atomic mass is 35.5. The van der Waals surface area contributed by atoms with E-state index in [1.54, 1.807) is 6.33 Å². The molecule has 78 valence electrons. The van der Waals surface area contributed by atoms with E-state index in [0.717, 1.165) is 11.0 Å². The number of nitrogens with one attached hydrogen (secondary N) is 1. The molecule has 0 aliphatic carbocycles. The molecule has 2 aromatic rings. The molecule has 0 bridgehead atoms.